The summed E-state index contributed by atoms with van der Waals surface area (Å²) in [6.45, 7) is 0. The molecule has 6 heteroatoms. The van der Waals surface area contributed by atoms with E-state index in [0.29, 0.717) is 27.6 Å². The van der Waals surface area contributed by atoms with Gasteiger partial charge < -0.3 is 15.0 Å². The lowest BCUT2D eigenvalue weighted by atomic mass is 9.80. The van der Waals surface area contributed by atoms with Crippen LogP contribution in [0.4, 0.5) is 11.4 Å². The standard InChI is InChI=1S/C23H17ClN2O3/c1-26-18-12-6-3-9-15(18)23(22(26)28)21(20(27)14-8-2-4-10-16(14)24)29-19-13-7-5-11-17(19)25-23/h2-13,21,25H,1H3/t21-,23+/m1/s1. The van der Waals surface area contributed by atoms with Crippen LogP contribution in [0.25, 0.3) is 0 Å². The van der Waals surface area contributed by atoms with Crippen molar-refractivity contribution < 1.29 is 14.3 Å². The fourth-order valence-corrected chi connectivity index (χ4v) is 4.41. The molecular formula is C23H17ClN2O3. The molecule has 29 heavy (non-hydrogen) atoms. The Morgan fingerprint density at radius 3 is 2.55 bits per heavy atom. The molecule has 2 aliphatic rings. The summed E-state index contributed by atoms with van der Waals surface area (Å²) in [5.74, 6) is -0.0852. The van der Waals surface area contributed by atoms with Crippen LogP contribution in [0.3, 0.4) is 0 Å². The molecule has 0 saturated heterocycles. The van der Waals surface area contributed by atoms with Gasteiger partial charge in [0.15, 0.2) is 11.6 Å². The van der Waals surface area contributed by atoms with Crippen molar-refractivity contribution in [2.45, 2.75) is 11.6 Å². The predicted octanol–water partition coefficient (Wildman–Crippen LogP) is 4.27. The SMILES string of the molecule is CN1C(=O)[C@]2(Nc3ccccc3O[C@@H]2C(=O)c2ccccc2Cl)c2ccccc21. The number of ketones is 1. The van der Waals surface area contributed by atoms with Crippen molar-refractivity contribution in [2.24, 2.45) is 0 Å². The summed E-state index contributed by atoms with van der Waals surface area (Å²) in [5, 5.41) is 3.67. The van der Waals surface area contributed by atoms with E-state index in [9.17, 15) is 9.59 Å². The number of nitrogens with one attached hydrogen (secondary N) is 1. The Kier molecular flexibility index (Phi) is 3.89. The van der Waals surface area contributed by atoms with Crippen LogP contribution in [-0.2, 0) is 10.3 Å². The Morgan fingerprint density at radius 1 is 1.03 bits per heavy atom. The number of fused-ring (bicyclic) bond motifs is 3. The Balaban J connectivity index is 1.75. The van der Waals surface area contributed by atoms with Crippen LogP contribution in [0.1, 0.15) is 15.9 Å². The Bertz CT molecular complexity index is 1160. The largest absolute Gasteiger partial charge is 0.477 e. The molecule has 1 amide bonds. The number of hydrogen-bond acceptors (Lipinski definition) is 4. The van der Waals surface area contributed by atoms with Crippen LogP contribution in [-0.4, -0.2) is 24.8 Å². The first kappa shape index (κ1) is 17.8. The molecule has 5 rings (SSSR count). The van der Waals surface area contributed by atoms with E-state index >= 15 is 0 Å². The van der Waals surface area contributed by atoms with Crippen LogP contribution in [0, 0.1) is 0 Å². The number of nitrogens with zero attached hydrogens (tertiary/aromatic N) is 1. The number of anilines is 2. The molecule has 2 atom stereocenters. The minimum absolute atomic E-state index is 0.251. The first-order valence-corrected chi connectivity index (χ1v) is 9.62. The molecule has 2 aliphatic heterocycles. The molecule has 0 fully saturated rings. The Labute approximate surface area is 172 Å². The molecule has 144 valence electrons. The average molecular weight is 405 g/mol. The fraction of sp³-hybridized carbons (Fsp3) is 0.130. The maximum Gasteiger partial charge on any atom is 0.261 e. The van der Waals surface area contributed by atoms with E-state index in [1.807, 2.05) is 42.5 Å². The molecule has 5 nitrogen and oxygen atoms in total. The quantitative estimate of drug-likeness (QED) is 0.648. The van der Waals surface area contributed by atoms with Crippen LogP contribution >= 0.6 is 11.6 Å². The number of ether oxygens (including phenoxy) is 1. The second kappa shape index (κ2) is 6.36. The van der Waals surface area contributed by atoms with Gasteiger partial charge in [0.2, 0.25) is 5.78 Å². The van der Waals surface area contributed by atoms with Crippen LogP contribution in [0.15, 0.2) is 72.8 Å². The van der Waals surface area contributed by atoms with Gasteiger partial charge in [-0.3, -0.25) is 9.59 Å². The van der Waals surface area contributed by atoms with Gasteiger partial charge in [0.25, 0.3) is 5.91 Å². The number of hydrogen-bond donors (Lipinski definition) is 1. The van der Waals surface area contributed by atoms with Crippen LogP contribution < -0.4 is 15.0 Å². The van der Waals surface area contributed by atoms with Gasteiger partial charge in [-0.05, 0) is 30.3 Å². The average Bonchev–Trinajstić information content (AvgIpc) is 2.96. The molecule has 2 heterocycles. The molecule has 0 aromatic heterocycles. The van der Waals surface area contributed by atoms with E-state index in [1.165, 1.54) is 0 Å². The number of amides is 1. The third kappa shape index (κ3) is 2.41. The lowest BCUT2D eigenvalue weighted by Crippen LogP contribution is -2.60. The molecule has 3 aromatic rings. The molecule has 0 unspecified atom stereocenters. The van der Waals surface area contributed by atoms with Gasteiger partial charge in [-0.25, -0.2) is 0 Å². The number of Topliss-reactive ketones (excluding diaryl/α,β-unsaturated/α-hetero) is 1. The molecular weight excluding hydrogens is 388 g/mol. The van der Waals surface area contributed by atoms with E-state index in [2.05, 4.69) is 5.32 Å². The number of carbonyl (C=O) groups excluding carboxylic acids is 2. The molecule has 0 saturated carbocycles. The highest BCUT2D eigenvalue weighted by Crippen LogP contribution is 2.49. The lowest BCUT2D eigenvalue weighted by molar-refractivity contribution is -0.124. The van der Waals surface area contributed by atoms with Gasteiger partial charge in [-0.1, -0.05) is 54.1 Å². The van der Waals surface area contributed by atoms with Crippen molar-refractivity contribution in [3.63, 3.8) is 0 Å². The summed E-state index contributed by atoms with van der Waals surface area (Å²) < 4.78 is 6.20. The zero-order valence-electron chi connectivity index (χ0n) is 15.6. The van der Waals surface area contributed by atoms with Gasteiger partial charge in [-0.15, -0.1) is 0 Å². The minimum Gasteiger partial charge on any atom is -0.477 e. The summed E-state index contributed by atoms with van der Waals surface area (Å²) in [6, 6.07) is 21.5. The van der Waals surface area contributed by atoms with E-state index in [0.717, 1.165) is 5.69 Å². The zero-order chi connectivity index (χ0) is 20.2. The van der Waals surface area contributed by atoms with E-state index in [4.69, 9.17) is 16.3 Å². The smallest absolute Gasteiger partial charge is 0.261 e. The predicted molar refractivity (Wildman–Crippen MR) is 112 cm³/mol. The van der Waals surface area contributed by atoms with E-state index < -0.39 is 11.6 Å². The topological polar surface area (TPSA) is 58.6 Å². The fourth-order valence-electron chi connectivity index (χ4n) is 4.18. The first-order chi connectivity index (χ1) is 14.0. The summed E-state index contributed by atoms with van der Waals surface area (Å²) in [7, 11) is 1.70. The van der Waals surface area contributed by atoms with Crippen molar-refractivity contribution in [1.29, 1.82) is 0 Å². The number of carbonyl (C=O) groups is 2. The van der Waals surface area contributed by atoms with Gasteiger partial charge >= 0.3 is 0 Å². The van der Waals surface area contributed by atoms with E-state index in [1.54, 1.807) is 42.3 Å². The normalized spacial score (nSPS) is 21.9. The number of halogens is 1. The highest BCUT2D eigenvalue weighted by molar-refractivity contribution is 6.34. The van der Waals surface area contributed by atoms with Crippen molar-refractivity contribution >= 4 is 34.7 Å². The van der Waals surface area contributed by atoms with Gasteiger partial charge in [0.1, 0.15) is 5.75 Å². The van der Waals surface area contributed by atoms with Gasteiger partial charge in [0, 0.05) is 23.9 Å². The second-order valence-corrected chi connectivity index (χ2v) is 7.56. The number of rotatable bonds is 2. The molecule has 1 spiro atoms. The molecule has 0 aliphatic carbocycles. The maximum absolute atomic E-state index is 13.6. The molecule has 3 aromatic carbocycles. The van der Waals surface area contributed by atoms with Crippen molar-refractivity contribution in [2.75, 3.05) is 17.3 Å². The Morgan fingerprint density at radius 2 is 1.72 bits per heavy atom. The highest BCUT2D eigenvalue weighted by Gasteiger charge is 2.61. The summed E-state index contributed by atoms with van der Waals surface area (Å²) in [4.78, 5) is 28.8. The molecule has 1 N–H and O–H groups in total. The van der Waals surface area contributed by atoms with E-state index in [-0.39, 0.29) is 11.7 Å². The van der Waals surface area contributed by atoms with Gasteiger partial charge in [0.05, 0.1) is 10.7 Å². The third-order valence-corrected chi connectivity index (χ3v) is 5.90. The van der Waals surface area contributed by atoms with Gasteiger partial charge in [-0.2, -0.15) is 0 Å². The maximum atomic E-state index is 13.6. The van der Waals surface area contributed by atoms with Crippen molar-refractivity contribution in [3.05, 3.63) is 88.9 Å². The third-order valence-electron chi connectivity index (χ3n) is 5.57. The minimum atomic E-state index is -1.38. The molecule has 0 bridgehead atoms. The van der Waals surface area contributed by atoms with Crippen molar-refractivity contribution in [1.82, 2.24) is 0 Å². The lowest BCUT2D eigenvalue weighted by Gasteiger charge is -2.41. The highest BCUT2D eigenvalue weighted by atomic mass is 35.5. The number of benzene rings is 3. The van der Waals surface area contributed by atoms with Crippen molar-refractivity contribution in [3.8, 4) is 5.75 Å². The number of likely N-dealkylation sites (N-methyl/N-ethyl adjacent to an activating group) is 1. The monoisotopic (exact) mass is 404 g/mol. The zero-order valence-corrected chi connectivity index (χ0v) is 16.3. The van der Waals surface area contributed by atoms with Crippen LogP contribution in [0.5, 0.6) is 5.75 Å². The molecule has 0 radical (unpaired) electrons. The summed E-state index contributed by atoms with van der Waals surface area (Å²) in [5.41, 5.74) is 1.04. The summed E-state index contributed by atoms with van der Waals surface area (Å²) in [6.07, 6.45) is -1.11. The number of para-hydroxylation sites is 3. The first-order valence-electron chi connectivity index (χ1n) is 9.24. The van der Waals surface area contributed by atoms with Crippen LogP contribution in [0.2, 0.25) is 5.02 Å². The Hall–Kier alpha value is -3.31. The second-order valence-electron chi connectivity index (χ2n) is 7.15. The summed E-state index contributed by atoms with van der Waals surface area (Å²) >= 11 is 6.31.